The molecular weight excluding hydrogens is 422 g/mol. The van der Waals surface area contributed by atoms with Crippen molar-refractivity contribution in [2.24, 2.45) is 0 Å². The Balaban J connectivity index is 1.55. The van der Waals surface area contributed by atoms with Gasteiger partial charge >= 0.3 is 0 Å². The monoisotopic (exact) mass is 439 g/mol. The number of hydrogen-bond acceptors (Lipinski definition) is 3. The molecule has 4 aromatic carbocycles. The summed E-state index contributed by atoms with van der Waals surface area (Å²) in [5.74, 6) is 0. The Kier molecular flexibility index (Phi) is 5.54. The molecule has 0 bridgehead atoms. The standard InChI is InChI=1S/C23H18ClNO2S2/c1-16-6-11-21(12-7-16)29(26,27)25-19-9-13-23(22(24)15-19)28-20-10-8-17-4-2-3-5-18(17)14-20/h2-15,25H,1H3. The lowest BCUT2D eigenvalue weighted by molar-refractivity contribution is 0.601. The summed E-state index contributed by atoms with van der Waals surface area (Å²) in [5.41, 5.74) is 1.43. The Hall–Kier alpha value is -2.47. The number of fused-ring (bicyclic) bond motifs is 1. The molecular formula is C23H18ClNO2S2. The van der Waals surface area contributed by atoms with Crippen molar-refractivity contribution in [3.8, 4) is 0 Å². The number of anilines is 1. The highest BCUT2D eigenvalue weighted by Crippen LogP contribution is 2.36. The summed E-state index contributed by atoms with van der Waals surface area (Å²) in [6.45, 7) is 1.91. The number of aryl methyl sites for hydroxylation is 1. The average Bonchev–Trinajstić information content (AvgIpc) is 2.70. The third-order valence-corrected chi connectivity index (χ3v) is 7.35. The first kappa shape index (κ1) is 19.8. The van der Waals surface area contributed by atoms with E-state index in [9.17, 15) is 8.42 Å². The Bertz CT molecular complexity index is 1290. The lowest BCUT2D eigenvalue weighted by Gasteiger charge is -2.11. The molecule has 146 valence electrons. The van der Waals surface area contributed by atoms with Crippen LogP contribution in [0.5, 0.6) is 0 Å². The van der Waals surface area contributed by atoms with Crippen LogP contribution >= 0.6 is 23.4 Å². The molecule has 0 aliphatic heterocycles. The van der Waals surface area contributed by atoms with Crippen LogP contribution in [0.2, 0.25) is 5.02 Å². The van der Waals surface area contributed by atoms with E-state index in [0.29, 0.717) is 10.7 Å². The van der Waals surface area contributed by atoms with Crippen molar-refractivity contribution in [3.63, 3.8) is 0 Å². The van der Waals surface area contributed by atoms with Gasteiger partial charge in [0.1, 0.15) is 0 Å². The Morgan fingerprint density at radius 3 is 2.28 bits per heavy atom. The van der Waals surface area contributed by atoms with E-state index < -0.39 is 10.0 Å². The van der Waals surface area contributed by atoms with Crippen molar-refractivity contribution < 1.29 is 8.42 Å². The summed E-state index contributed by atoms with van der Waals surface area (Å²) in [6.07, 6.45) is 0. The SMILES string of the molecule is Cc1ccc(S(=O)(=O)Nc2ccc(Sc3ccc4ccccc4c3)c(Cl)c2)cc1. The van der Waals surface area contributed by atoms with Crippen molar-refractivity contribution in [1.29, 1.82) is 0 Å². The largest absolute Gasteiger partial charge is 0.280 e. The number of hydrogen-bond donors (Lipinski definition) is 1. The van der Waals surface area contributed by atoms with Crippen LogP contribution < -0.4 is 4.72 Å². The van der Waals surface area contributed by atoms with Gasteiger partial charge in [-0.1, -0.05) is 71.4 Å². The highest BCUT2D eigenvalue weighted by Gasteiger charge is 2.15. The Morgan fingerprint density at radius 1 is 0.828 bits per heavy atom. The highest BCUT2D eigenvalue weighted by atomic mass is 35.5. The lowest BCUT2D eigenvalue weighted by Crippen LogP contribution is -2.12. The second kappa shape index (κ2) is 8.11. The van der Waals surface area contributed by atoms with E-state index in [2.05, 4.69) is 35.1 Å². The Morgan fingerprint density at radius 2 is 1.55 bits per heavy atom. The molecule has 0 fully saturated rings. The molecule has 0 atom stereocenters. The minimum atomic E-state index is -3.66. The van der Waals surface area contributed by atoms with Gasteiger partial charge in [0.15, 0.2) is 0 Å². The molecule has 0 amide bonds. The molecule has 1 N–H and O–H groups in total. The van der Waals surface area contributed by atoms with Crippen LogP contribution in [-0.4, -0.2) is 8.42 Å². The third kappa shape index (κ3) is 4.58. The first-order valence-electron chi connectivity index (χ1n) is 8.96. The van der Waals surface area contributed by atoms with Crippen LogP contribution in [0.1, 0.15) is 5.56 Å². The van der Waals surface area contributed by atoms with E-state index in [1.165, 1.54) is 5.39 Å². The molecule has 6 heteroatoms. The van der Waals surface area contributed by atoms with Gasteiger partial charge < -0.3 is 0 Å². The van der Waals surface area contributed by atoms with Crippen molar-refractivity contribution >= 4 is 49.8 Å². The fourth-order valence-corrected chi connectivity index (χ4v) is 5.15. The molecule has 4 aromatic rings. The van der Waals surface area contributed by atoms with Crippen molar-refractivity contribution in [2.45, 2.75) is 21.6 Å². The predicted octanol–water partition coefficient (Wildman–Crippen LogP) is 6.75. The number of nitrogens with one attached hydrogen (secondary N) is 1. The zero-order valence-corrected chi connectivity index (χ0v) is 18.0. The molecule has 0 aliphatic carbocycles. The fraction of sp³-hybridized carbons (Fsp3) is 0.0435. The van der Waals surface area contributed by atoms with E-state index in [0.717, 1.165) is 20.7 Å². The minimum absolute atomic E-state index is 0.217. The lowest BCUT2D eigenvalue weighted by atomic mass is 10.1. The smallest absolute Gasteiger partial charge is 0.261 e. The van der Waals surface area contributed by atoms with Crippen LogP contribution in [-0.2, 0) is 10.0 Å². The summed E-state index contributed by atoms with van der Waals surface area (Å²) in [5, 5.41) is 2.84. The minimum Gasteiger partial charge on any atom is -0.280 e. The quantitative estimate of drug-likeness (QED) is 0.374. The van der Waals surface area contributed by atoms with Gasteiger partial charge in [0, 0.05) is 9.79 Å². The van der Waals surface area contributed by atoms with Gasteiger partial charge in [-0.05, 0) is 60.2 Å². The number of benzene rings is 4. The zero-order chi connectivity index (χ0) is 20.4. The molecule has 0 heterocycles. The van der Waals surface area contributed by atoms with Gasteiger partial charge in [-0.25, -0.2) is 8.42 Å². The molecule has 0 unspecified atom stereocenters. The third-order valence-electron chi connectivity index (χ3n) is 4.46. The molecule has 0 saturated carbocycles. The van der Waals surface area contributed by atoms with E-state index >= 15 is 0 Å². The van der Waals surface area contributed by atoms with E-state index in [4.69, 9.17) is 11.6 Å². The molecule has 0 aliphatic rings. The summed E-state index contributed by atoms with van der Waals surface area (Å²) in [6, 6.07) is 26.3. The molecule has 3 nitrogen and oxygen atoms in total. The van der Waals surface area contributed by atoms with Gasteiger partial charge in [-0.2, -0.15) is 0 Å². The second-order valence-electron chi connectivity index (χ2n) is 6.67. The average molecular weight is 440 g/mol. The Labute approximate surface area is 179 Å². The summed E-state index contributed by atoms with van der Waals surface area (Å²) in [7, 11) is -3.66. The van der Waals surface area contributed by atoms with Crippen molar-refractivity contribution in [1.82, 2.24) is 0 Å². The van der Waals surface area contributed by atoms with Crippen LogP contribution in [0.25, 0.3) is 10.8 Å². The number of sulfonamides is 1. The zero-order valence-electron chi connectivity index (χ0n) is 15.6. The number of rotatable bonds is 5. The van der Waals surface area contributed by atoms with Gasteiger partial charge in [-0.3, -0.25) is 4.72 Å². The predicted molar refractivity (Wildman–Crippen MR) is 122 cm³/mol. The molecule has 0 spiro atoms. The van der Waals surface area contributed by atoms with Gasteiger partial charge in [-0.15, -0.1) is 0 Å². The van der Waals surface area contributed by atoms with E-state index in [-0.39, 0.29) is 4.90 Å². The first-order chi connectivity index (χ1) is 13.9. The normalized spacial score (nSPS) is 11.5. The van der Waals surface area contributed by atoms with E-state index in [1.54, 1.807) is 48.2 Å². The molecule has 0 aromatic heterocycles. The molecule has 4 rings (SSSR count). The van der Waals surface area contributed by atoms with Gasteiger partial charge in [0.05, 0.1) is 15.6 Å². The van der Waals surface area contributed by atoms with Gasteiger partial charge in [0.2, 0.25) is 0 Å². The summed E-state index contributed by atoms with van der Waals surface area (Å²) < 4.78 is 27.7. The summed E-state index contributed by atoms with van der Waals surface area (Å²) >= 11 is 7.98. The number of halogens is 1. The van der Waals surface area contributed by atoms with E-state index in [1.807, 2.05) is 25.1 Å². The van der Waals surface area contributed by atoms with Crippen LogP contribution in [0.15, 0.2) is 99.6 Å². The molecule has 29 heavy (non-hydrogen) atoms. The van der Waals surface area contributed by atoms with Crippen LogP contribution in [0.3, 0.4) is 0 Å². The second-order valence-corrected chi connectivity index (χ2v) is 9.88. The van der Waals surface area contributed by atoms with Crippen molar-refractivity contribution in [3.05, 3.63) is 95.5 Å². The van der Waals surface area contributed by atoms with Gasteiger partial charge in [0.25, 0.3) is 10.0 Å². The van der Waals surface area contributed by atoms with Crippen LogP contribution in [0, 0.1) is 6.92 Å². The highest BCUT2D eigenvalue weighted by molar-refractivity contribution is 7.99. The first-order valence-corrected chi connectivity index (χ1v) is 11.6. The molecule has 0 radical (unpaired) electrons. The topological polar surface area (TPSA) is 46.2 Å². The summed E-state index contributed by atoms with van der Waals surface area (Å²) in [4.78, 5) is 2.15. The molecule has 0 saturated heterocycles. The maximum absolute atomic E-state index is 12.6. The fourth-order valence-electron chi connectivity index (χ4n) is 2.94. The van der Waals surface area contributed by atoms with Crippen molar-refractivity contribution in [2.75, 3.05) is 4.72 Å². The maximum Gasteiger partial charge on any atom is 0.261 e. The maximum atomic E-state index is 12.6. The van der Waals surface area contributed by atoms with Crippen LogP contribution in [0.4, 0.5) is 5.69 Å².